The van der Waals surface area contributed by atoms with Gasteiger partial charge in [-0.05, 0) is 67.3 Å². The van der Waals surface area contributed by atoms with E-state index in [0.29, 0.717) is 0 Å². The molecule has 0 radical (unpaired) electrons. The van der Waals surface area contributed by atoms with Crippen LogP contribution in [0.1, 0.15) is 25.0 Å². The Morgan fingerprint density at radius 1 is 1.05 bits per heavy atom. The maximum atomic E-state index is 5.91. The van der Waals surface area contributed by atoms with E-state index in [1.165, 1.54) is 16.7 Å². The second kappa shape index (κ2) is 4.02. The van der Waals surface area contributed by atoms with Crippen LogP contribution >= 0.6 is 0 Å². The molecule has 0 spiro atoms. The molecule has 0 bridgehead atoms. The molecule has 2 heteroatoms. The van der Waals surface area contributed by atoms with Gasteiger partial charge in [-0.2, -0.15) is 0 Å². The number of nitrogens with two attached hydrogens (primary N) is 1. The van der Waals surface area contributed by atoms with Crippen LogP contribution in [0.2, 0.25) is 0 Å². The molecule has 3 rings (SSSR count). The molecule has 19 heavy (non-hydrogen) atoms. The van der Waals surface area contributed by atoms with Crippen LogP contribution in [0.25, 0.3) is 11.1 Å². The maximum Gasteiger partial charge on any atom is 0.123 e. The molecular weight excluding hydrogens is 234 g/mol. The smallest absolute Gasteiger partial charge is 0.123 e. The Labute approximate surface area is 114 Å². The third-order valence-corrected chi connectivity index (χ3v) is 3.67. The highest BCUT2D eigenvalue weighted by Gasteiger charge is 2.29. The monoisotopic (exact) mass is 253 g/mol. The quantitative estimate of drug-likeness (QED) is 0.781. The van der Waals surface area contributed by atoms with Crippen molar-refractivity contribution in [1.29, 1.82) is 0 Å². The zero-order chi connectivity index (χ0) is 13.6. The zero-order valence-electron chi connectivity index (χ0n) is 11.7. The lowest BCUT2D eigenvalue weighted by Gasteiger charge is -2.16. The lowest BCUT2D eigenvalue weighted by Crippen LogP contribution is -2.24. The van der Waals surface area contributed by atoms with Crippen LogP contribution in [0, 0.1) is 6.92 Å². The van der Waals surface area contributed by atoms with Gasteiger partial charge in [0.15, 0.2) is 0 Å². The predicted octanol–water partition coefficient (Wildman–Crippen LogP) is 3.96. The van der Waals surface area contributed by atoms with Crippen LogP contribution in [0.15, 0.2) is 36.4 Å². The number of benzene rings is 2. The zero-order valence-corrected chi connectivity index (χ0v) is 11.7. The van der Waals surface area contributed by atoms with Crippen molar-refractivity contribution in [3.8, 4) is 16.9 Å². The number of rotatable bonds is 1. The summed E-state index contributed by atoms with van der Waals surface area (Å²) >= 11 is 0. The fourth-order valence-electron chi connectivity index (χ4n) is 2.64. The first-order valence-electron chi connectivity index (χ1n) is 6.63. The fourth-order valence-corrected chi connectivity index (χ4v) is 2.64. The van der Waals surface area contributed by atoms with E-state index in [1.807, 2.05) is 13.0 Å². The highest BCUT2D eigenvalue weighted by molar-refractivity contribution is 5.69. The first-order chi connectivity index (χ1) is 8.94. The molecular formula is C17H19NO. The summed E-state index contributed by atoms with van der Waals surface area (Å²) in [5.41, 5.74) is 11.5. The van der Waals surface area contributed by atoms with Crippen LogP contribution in [0.3, 0.4) is 0 Å². The van der Waals surface area contributed by atoms with E-state index < -0.39 is 0 Å². The Morgan fingerprint density at radius 3 is 2.47 bits per heavy atom. The molecule has 0 aliphatic carbocycles. The number of ether oxygens (including phenoxy) is 1. The van der Waals surface area contributed by atoms with Crippen LogP contribution in [0.4, 0.5) is 5.69 Å². The average molecular weight is 253 g/mol. The van der Waals surface area contributed by atoms with Gasteiger partial charge in [-0.15, -0.1) is 0 Å². The SMILES string of the molecule is Cc1cc(-c2ccc3c(c2)CC(C)(C)O3)ccc1N. The minimum Gasteiger partial charge on any atom is -0.487 e. The van der Waals surface area contributed by atoms with Crippen molar-refractivity contribution < 1.29 is 4.74 Å². The average Bonchev–Trinajstić information content (AvgIpc) is 2.65. The Morgan fingerprint density at radius 2 is 1.74 bits per heavy atom. The number of aryl methyl sites for hydroxylation is 1. The van der Waals surface area contributed by atoms with Gasteiger partial charge in [-0.3, -0.25) is 0 Å². The molecule has 0 unspecified atom stereocenters. The molecule has 2 aromatic carbocycles. The van der Waals surface area contributed by atoms with Gasteiger partial charge in [0, 0.05) is 12.1 Å². The molecule has 0 atom stereocenters. The first kappa shape index (κ1) is 12.1. The van der Waals surface area contributed by atoms with E-state index in [-0.39, 0.29) is 5.60 Å². The molecule has 2 nitrogen and oxygen atoms in total. The molecule has 0 saturated heterocycles. The van der Waals surface area contributed by atoms with Gasteiger partial charge >= 0.3 is 0 Å². The third-order valence-electron chi connectivity index (χ3n) is 3.67. The van der Waals surface area contributed by atoms with Crippen molar-refractivity contribution in [2.75, 3.05) is 5.73 Å². The van der Waals surface area contributed by atoms with E-state index in [1.54, 1.807) is 0 Å². The van der Waals surface area contributed by atoms with E-state index in [4.69, 9.17) is 10.5 Å². The molecule has 1 heterocycles. The Hall–Kier alpha value is -1.96. The number of nitrogen functional groups attached to an aromatic ring is 1. The molecule has 0 amide bonds. The molecule has 1 aliphatic heterocycles. The minimum atomic E-state index is -0.0853. The van der Waals surface area contributed by atoms with Gasteiger partial charge in [0.2, 0.25) is 0 Å². The van der Waals surface area contributed by atoms with E-state index in [9.17, 15) is 0 Å². The highest BCUT2D eigenvalue weighted by atomic mass is 16.5. The first-order valence-corrected chi connectivity index (χ1v) is 6.63. The minimum absolute atomic E-state index is 0.0853. The van der Waals surface area contributed by atoms with Crippen LogP contribution < -0.4 is 10.5 Å². The van der Waals surface area contributed by atoms with Gasteiger partial charge in [0.05, 0.1) is 0 Å². The van der Waals surface area contributed by atoms with Crippen molar-refractivity contribution in [2.24, 2.45) is 0 Å². The molecule has 2 aromatic rings. The standard InChI is InChI=1S/C17H19NO/c1-11-8-12(4-6-15(11)18)13-5-7-16-14(9-13)10-17(2,3)19-16/h4-9H,10,18H2,1-3H3. The van der Waals surface area contributed by atoms with Crippen molar-refractivity contribution in [3.05, 3.63) is 47.5 Å². The number of fused-ring (bicyclic) bond motifs is 1. The summed E-state index contributed by atoms with van der Waals surface area (Å²) in [6.07, 6.45) is 0.962. The molecule has 0 saturated carbocycles. The number of hydrogen-bond acceptors (Lipinski definition) is 2. The molecule has 0 aromatic heterocycles. The molecule has 98 valence electrons. The molecule has 1 aliphatic rings. The largest absolute Gasteiger partial charge is 0.487 e. The fraction of sp³-hybridized carbons (Fsp3) is 0.294. The number of hydrogen-bond donors (Lipinski definition) is 1. The lowest BCUT2D eigenvalue weighted by molar-refractivity contribution is 0.138. The summed E-state index contributed by atoms with van der Waals surface area (Å²) in [5, 5.41) is 0. The second-order valence-corrected chi connectivity index (χ2v) is 5.93. The van der Waals surface area contributed by atoms with Crippen molar-refractivity contribution in [1.82, 2.24) is 0 Å². The molecule has 2 N–H and O–H groups in total. The van der Waals surface area contributed by atoms with Crippen molar-refractivity contribution in [3.63, 3.8) is 0 Å². The Bertz CT molecular complexity index is 644. The van der Waals surface area contributed by atoms with Crippen LogP contribution in [0.5, 0.6) is 5.75 Å². The van der Waals surface area contributed by atoms with Gasteiger partial charge in [-0.25, -0.2) is 0 Å². The van der Waals surface area contributed by atoms with E-state index in [2.05, 4.69) is 44.2 Å². The third kappa shape index (κ3) is 2.19. The maximum absolute atomic E-state index is 5.91. The van der Waals surface area contributed by atoms with Gasteiger partial charge in [0.25, 0.3) is 0 Å². The predicted molar refractivity (Wildman–Crippen MR) is 79.4 cm³/mol. The number of anilines is 1. The van der Waals surface area contributed by atoms with Crippen molar-refractivity contribution >= 4 is 5.69 Å². The van der Waals surface area contributed by atoms with Gasteiger partial charge < -0.3 is 10.5 Å². The summed E-state index contributed by atoms with van der Waals surface area (Å²) in [6, 6.07) is 12.6. The summed E-state index contributed by atoms with van der Waals surface area (Å²) in [7, 11) is 0. The topological polar surface area (TPSA) is 35.2 Å². The van der Waals surface area contributed by atoms with Gasteiger partial charge in [0.1, 0.15) is 11.4 Å². The second-order valence-electron chi connectivity index (χ2n) is 5.93. The normalized spacial score (nSPS) is 15.9. The lowest BCUT2D eigenvalue weighted by atomic mass is 9.97. The Balaban J connectivity index is 2.02. The summed E-state index contributed by atoms with van der Waals surface area (Å²) in [6.45, 7) is 6.29. The Kier molecular flexibility index (Phi) is 2.56. The summed E-state index contributed by atoms with van der Waals surface area (Å²) in [4.78, 5) is 0. The summed E-state index contributed by atoms with van der Waals surface area (Å²) < 4.78 is 5.91. The van der Waals surface area contributed by atoms with Crippen LogP contribution in [-0.4, -0.2) is 5.60 Å². The van der Waals surface area contributed by atoms with Crippen LogP contribution in [-0.2, 0) is 6.42 Å². The van der Waals surface area contributed by atoms with E-state index >= 15 is 0 Å². The van der Waals surface area contributed by atoms with Crippen molar-refractivity contribution in [2.45, 2.75) is 32.8 Å². The molecule has 0 fully saturated rings. The summed E-state index contributed by atoms with van der Waals surface area (Å²) in [5.74, 6) is 1.01. The van der Waals surface area contributed by atoms with Gasteiger partial charge in [-0.1, -0.05) is 12.1 Å². The highest BCUT2D eigenvalue weighted by Crippen LogP contribution is 2.37. The van der Waals surface area contributed by atoms with E-state index in [0.717, 1.165) is 23.4 Å².